The molecule has 1 amide bonds. The maximum Gasteiger partial charge on any atom is 0.416 e. The standard InChI is InChI=1S/C22H13F7N2O5/c23-14-3-5-15(6-4-14)36-18-7-1-12(21(24,25)26)9-16(18)30-20(32)11-35-19-8-2-13(22(27,28)29)10-17(19)31(33)34/h1-10H,11H2,(H,30,32). The van der Waals surface area contributed by atoms with Crippen LogP contribution in [0.2, 0.25) is 0 Å². The van der Waals surface area contributed by atoms with Gasteiger partial charge < -0.3 is 14.8 Å². The predicted octanol–water partition coefficient (Wildman–Crippen LogP) is 6.58. The zero-order valence-corrected chi connectivity index (χ0v) is 17.6. The zero-order valence-electron chi connectivity index (χ0n) is 17.6. The molecule has 0 aliphatic heterocycles. The first kappa shape index (κ1) is 26.2. The van der Waals surface area contributed by atoms with Gasteiger partial charge in [0.1, 0.15) is 11.6 Å². The number of nitro groups is 1. The van der Waals surface area contributed by atoms with Crippen LogP contribution in [-0.2, 0) is 17.1 Å². The molecule has 0 heterocycles. The van der Waals surface area contributed by atoms with Crippen molar-refractivity contribution in [2.45, 2.75) is 12.4 Å². The van der Waals surface area contributed by atoms with Crippen molar-refractivity contribution in [1.29, 1.82) is 0 Å². The monoisotopic (exact) mass is 518 g/mol. The Morgan fingerprint density at radius 3 is 1.97 bits per heavy atom. The van der Waals surface area contributed by atoms with Crippen LogP contribution in [0.15, 0.2) is 60.7 Å². The molecule has 3 aromatic rings. The largest absolute Gasteiger partial charge is 0.477 e. The number of nitrogens with one attached hydrogen (secondary N) is 1. The van der Waals surface area contributed by atoms with Crippen molar-refractivity contribution in [1.82, 2.24) is 0 Å². The highest BCUT2D eigenvalue weighted by atomic mass is 19.4. The number of nitro benzene ring substituents is 1. The second-order valence-electron chi connectivity index (χ2n) is 7.04. The van der Waals surface area contributed by atoms with E-state index in [-0.39, 0.29) is 17.6 Å². The Morgan fingerprint density at radius 2 is 1.42 bits per heavy atom. The number of hydrogen-bond acceptors (Lipinski definition) is 5. The van der Waals surface area contributed by atoms with Gasteiger partial charge in [0.15, 0.2) is 18.1 Å². The second kappa shape index (κ2) is 10.1. The van der Waals surface area contributed by atoms with Crippen LogP contribution in [0, 0.1) is 15.9 Å². The molecule has 36 heavy (non-hydrogen) atoms. The number of carbonyl (C=O) groups is 1. The smallest absolute Gasteiger partial charge is 0.416 e. The molecule has 0 unspecified atom stereocenters. The normalized spacial score (nSPS) is 11.6. The Labute approximate surface area is 197 Å². The van der Waals surface area contributed by atoms with E-state index in [1.807, 2.05) is 0 Å². The summed E-state index contributed by atoms with van der Waals surface area (Å²) in [6.07, 6.45) is -9.66. The minimum absolute atomic E-state index is 0.0308. The number of ether oxygens (including phenoxy) is 2. The van der Waals surface area contributed by atoms with E-state index in [9.17, 15) is 45.6 Å². The molecule has 0 aliphatic carbocycles. The topological polar surface area (TPSA) is 90.7 Å². The van der Waals surface area contributed by atoms with Crippen LogP contribution < -0.4 is 14.8 Å². The molecule has 0 atom stereocenters. The summed E-state index contributed by atoms with van der Waals surface area (Å²) in [4.78, 5) is 22.3. The molecule has 0 spiro atoms. The van der Waals surface area contributed by atoms with Crippen LogP contribution in [-0.4, -0.2) is 17.4 Å². The Balaban J connectivity index is 1.81. The molecule has 3 rings (SSSR count). The number of benzene rings is 3. The molecule has 0 bridgehead atoms. The lowest BCUT2D eigenvalue weighted by Crippen LogP contribution is -2.21. The molecule has 0 aromatic heterocycles. The predicted molar refractivity (Wildman–Crippen MR) is 110 cm³/mol. The van der Waals surface area contributed by atoms with Crippen LogP contribution in [0.3, 0.4) is 0 Å². The summed E-state index contributed by atoms with van der Waals surface area (Å²) >= 11 is 0. The number of anilines is 1. The van der Waals surface area contributed by atoms with Crippen molar-refractivity contribution in [3.63, 3.8) is 0 Å². The van der Waals surface area contributed by atoms with Crippen LogP contribution in [0.5, 0.6) is 17.2 Å². The van der Waals surface area contributed by atoms with Crippen LogP contribution in [0.4, 0.5) is 42.1 Å². The minimum Gasteiger partial charge on any atom is -0.477 e. The van der Waals surface area contributed by atoms with Crippen molar-refractivity contribution in [3.05, 3.63) is 87.7 Å². The highest BCUT2D eigenvalue weighted by Crippen LogP contribution is 2.38. The van der Waals surface area contributed by atoms with Crippen molar-refractivity contribution in [2.75, 3.05) is 11.9 Å². The van der Waals surface area contributed by atoms with Crippen molar-refractivity contribution in [2.24, 2.45) is 0 Å². The molecule has 0 saturated heterocycles. The Kier molecular flexibility index (Phi) is 7.36. The summed E-state index contributed by atoms with van der Waals surface area (Å²) in [6, 6.07) is 7.93. The molecule has 0 fully saturated rings. The number of hydrogen-bond donors (Lipinski definition) is 1. The lowest BCUT2D eigenvalue weighted by atomic mass is 10.1. The van der Waals surface area contributed by atoms with Crippen LogP contribution in [0.25, 0.3) is 0 Å². The lowest BCUT2D eigenvalue weighted by molar-refractivity contribution is -0.386. The van der Waals surface area contributed by atoms with Crippen molar-refractivity contribution in [3.8, 4) is 17.2 Å². The highest BCUT2D eigenvalue weighted by Gasteiger charge is 2.34. The summed E-state index contributed by atoms with van der Waals surface area (Å²) in [5.74, 6) is -2.60. The van der Waals surface area contributed by atoms with E-state index in [1.165, 1.54) is 12.1 Å². The zero-order chi connectivity index (χ0) is 26.7. The molecule has 0 saturated carbocycles. The summed E-state index contributed by atoms with van der Waals surface area (Å²) in [5.41, 5.74) is -4.01. The molecule has 0 aliphatic rings. The summed E-state index contributed by atoms with van der Waals surface area (Å²) in [7, 11) is 0. The maximum atomic E-state index is 13.2. The van der Waals surface area contributed by atoms with Gasteiger partial charge in [-0.05, 0) is 54.6 Å². The van der Waals surface area contributed by atoms with Crippen LogP contribution in [0.1, 0.15) is 11.1 Å². The Bertz CT molecular complexity index is 1280. The van der Waals surface area contributed by atoms with E-state index in [2.05, 4.69) is 5.32 Å². The van der Waals surface area contributed by atoms with Gasteiger partial charge in [0.2, 0.25) is 0 Å². The fraction of sp³-hybridized carbons (Fsp3) is 0.136. The van der Waals surface area contributed by atoms with E-state index < -0.39 is 63.9 Å². The first-order chi connectivity index (χ1) is 16.7. The summed E-state index contributed by atoms with van der Waals surface area (Å²) in [6.45, 7) is -1.00. The van der Waals surface area contributed by atoms with Crippen LogP contribution >= 0.6 is 0 Å². The lowest BCUT2D eigenvalue weighted by Gasteiger charge is -2.15. The molecule has 1 N–H and O–H groups in total. The summed E-state index contributed by atoms with van der Waals surface area (Å²) in [5, 5.41) is 13.2. The molecule has 3 aromatic carbocycles. The second-order valence-corrected chi connectivity index (χ2v) is 7.04. The summed E-state index contributed by atoms with van der Waals surface area (Å²) < 4.78 is 101. The van der Waals surface area contributed by atoms with E-state index in [0.717, 1.165) is 18.2 Å². The van der Waals surface area contributed by atoms with Gasteiger partial charge in [-0.3, -0.25) is 14.9 Å². The van der Waals surface area contributed by atoms with Crippen molar-refractivity contribution >= 4 is 17.3 Å². The van der Waals surface area contributed by atoms with E-state index in [0.29, 0.717) is 24.3 Å². The molecule has 7 nitrogen and oxygen atoms in total. The fourth-order valence-electron chi connectivity index (χ4n) is 2.81. The third kappa shape index (κ3) is 6.61. The maximum absolute atomic E-state index is 13.2. The van der Waals surface area contributed by atoms with Gasteiger partial charge in [-0.2, -0.15) is 26.3 Å². The SMILES string of the molecule is O=C(COc1ccc(C(F)(F)F)cc1[N+](=O)[O-])Nc1cc(C(F)(F)F)ccc1Oc1ccc(F)cc1. The highest BCUT2D eigenvalue weighted by molar-refractivity contribution is 5.93. The molecular weight excluding hydrogens is 505 g/mol. The van der Waals surface area contributed by atoms with E-state index >= 15 is 0 Å². The third-order valence-corrected chi connectivity index (χ3v) is 4.46. The van der Waals surface area contributed by atoms with Gasteiger partial charge in [-0.15, -0.1) is 0 Å². The van der Waals surface area contributed by atoms with Gasteiger partial charge in [0.05, 0.1) is 21.7 Å². The van der Waals surface area contributed by atoms with Gasteiger partial charge in [-0.25, -0.2) is 4.39 Å². The first-order valence-corrected chi connectivity index (χ1v) is 9.67. The molecule has 14 heteroatoms. The average Bonchev–Trinajstić information content (AvgIpc) is 2.78. The molecule has 0 radical (unpaired) electrons. The molecular formula is C22H13F7N2O5. The Hall–Kier alpha value is -4.36. The quantitative estimate of drug-likeness (QED) is 0.217. The van der Waals surface area contributed by atoms with E-state index in [1.54, 1.807) is 0 Å². The minimum atomic E-state index is -4.87. The first-order valence-electron chi connectivity index (χ1n) is 9.67. The van der Waals surface area contributed by atoms with Gasteiger partial charge in [-0.1, -0.05) is 0 Å². The number of amides is 1. The third-order valence-electron chi connectivity index (χ3n) is 4.46. The van der Waals surface area contributed by atoms with Gasteiger partial charge >= 0.3 is 18.0 Å². The number of rotatable bonds is 7. The number of carbonyl (C=O) groups excluding carboxylic acids is 1. The van der Waals surface area contributed by atoms with Gasteiger partial charge in [0, 0.05) is 6.07 Å². The van der Waals surface area contributed by atoms with E-state index in [4.69, 9.17) is 9.47 Å². The average molecular weight is 518 g/mol. The van der Waals surface area contributed by atoms with Crippen molar-refractivity contribution < 1.29 is 49.9 Å². The Morgan fingerprint density at radius 1 is 0.861 bits per heavy atom. The number of halogens is 7. The number of nitrogens with zero attached hydrogens (tertiary/aromatic N) is 1. The fourth-order valence-corrected chi connectivity index (χ4v) is 2.81. The van der Waals surface area contributed by atoms with Gasteiger partial charge in [0.25, 0.3) is 5.91 Å². The number of alkyl halides is 6. The molecule has 190 valence electrons.